The Labute approximate surface area is 109 Å². The smallest absolute Gasteiger partial charge is 0.327 e. The number of aliphatic carboxylic acids is 1. The van der Waals surface area contributed by atoms with Crippen LogP contribution in [0.15, 0.2) is 28.7 Å². The zero-order valence-corrected chi connectivity index (χ0v) is 10.4. The number of aromatic nitrogens is 1. The minimum atomic E-state index is -0.989. The Kier molecular flexibility index (Phi) is 4.65. The topological polar surface area (TPSA) is 75.4 Å². The molecule has 2 aromatic rings. The van der Waals surface area contributed by atoms with Crippen molar-refractivity contribution in [2.24, 2.45) is 0 Å². The lowest BCUT2D eigenvalue weighted by Crippen LogP contribution is -2.30. The Morgan fingerprint density at radius 2 is 2.24 bits per heavy atom. The molecular formula is C10H11ClN2O3S. The molecule has 1 atom stereocenters. The largest absolute Gasteiger partial charge is 0.480 e. The molecule has 0 unspecified atom stereocenters. The highest BCUT2D eigenvalue weighted by Gasteiger charge is 2.17. The highest BCUT2D eigenvalue weighted by atomic mass is 35.5. The van der Waals surface area contributed by atoms with Crippen molar-refractivity contribution in [2.45, 2.75) is 6.04 Å². The van der Waals surface area contributed by atoms with Crippen LogP contribution >= 0.6 is 25.0 Å². The van der Waals surface area contributed by atoms with Gasteiger partial charge in [0.15, 0.2) is 5.58 Å². The van der Waals surface area contributed by atoms with E-state index in [0.717, 1.165) is 0 Å². The monoisotopic (exact) mass is 274 g/mol. The van der Waals surface area contributed by atoms with Gasteiger partial charge in [0.1, 0.15) is 11.6 Å². The molecule has 1 heterocycles. The van der Waals surface area contributed by atoms with Gasteiger partial charge in [0.25, 0.3) is 6.01 Å². The van der Waals surface area contributed by atoms with Crippen molar-refractivity contribution >= 4 is 48.1 Å². The highest BCUT2D eigenvalue weighted by Crippen LogP contribution is 2.18. The first-order chi connectivity index (χ1) is 7.70. The summed E-state index contributed by atoms with van der Waals surface area (Å²) < 4.78 is 5.33. The van der Waals surface area contributed by atoms with Gasteiger partial charge in [-0.05, 0) is 12.1 Å². The zero-order valence-electron chi connectivity index (χ0n) is 8.66. The summed E-state index contributed by atoms with van der Waals surface area (Å²) in [6.45, 7) is 0. The van der Waals surface area contributed by atoms with Crippen LogP contribution in [-0.4, -0.2) is 27.9 Å². The zero-order chi connectivity index (χ0) is 11.5. The van der Waals surface area contributed by atoms with E-state index in [-0.39, 0.29) is 24.2 Å². The molecule has 5 nitrogen and oxygen atoms in total. The van der Waals surface area contributed by atoms with Gasteiger partial charge in [-0.15, -0.1) is 12.4 Å². The maximum absolute atomic E-state index is 10.8. The van der Waals surface area contributed by atoms with Crippen LogP contribution in [0.3, 0.4) is 0 Å². The first kappa shape index (κ1) is 13.7. The molecule has 0 aliphatic carbocycles. The van der Waals surface area contributed by atoms with Crippen molar-refractivity contribution < 1.29 is 14.3 Å². The molecule has 0 aliphatic rings. The number of carbonyl (C=O) groups is 1. The molecule has 1 aromatic carbocycles. The van der Waals surface area contributed by atoms with E-state index >= 15 is 0 Å². The Hall–Kier alpha value is -1.40. The summed E-state index contributed by atoms with van der Waals surface area (Å²) in [5.74, 6) is -0.828. The summed E-state index contributed by atoms with van der Waals surface area (Å²) in [7, 11) is 0. The van der Waals surface area contributed by atoms with Crippen LogP contribution in [-0.2, 0) is 4.79 Å². The van der Waals surface area contributed by atoms with Gasteiger partial charge in [0, 0.05) is 5.75 Å². The van der Waals surface area contributed by atoms with Crippen molar-refractivity contribution in [3.05, 3.63) is 24.3 Å². The number of nitrogens with zero attached hydrogens (tertiary/aromatic N) is 1. The van der Waals surface area contributed by atoms with E-state index < -0.39 is 12.0 Å². The van der Waals surface area contributed by atoms with Crippen LogP contribution < -0.4 is 5.32 Å². The summed E-state index contributed by atoms with van der Waals surface area (Å²) in [6.07, 6.45) is 0. The quantitative estimate of drug-likeness (QED) is 0.744. The second-order valence-corrected chi connectivity index (χ2v) is 3.57. The van der Waals surface area contributed by atoms with Crippen LogP contribution in [0.1, 0.15) is 0 Å². The fourth-order valence-corrected chi connectivity index (χ4v) is 1.52. The van der Waals surface area contributed by atoms with E-state index in [1.165, 1.54) is 0 Å². The lowest BCUT2D eigenvalue weighted by atomic mass is 10.3. The van der Waals surface area contributed by atoms with Crippen LogP contribution in [0.4, 0.5) is 6.01 Å². The van der Waals surface area contributed by atoms with Crippen molar-refractivity contribution in [1.82, 2.24) is 4.98 Å². The average molecular weight is 275 g/mol. The summed E-state index contributed by atoms with van der Waals surface area (Å²) in [6, 6.07) is 6.61. The van der Waals surface area contributed by atoms with Crippen LogP contribution in [0.2, 0.25) is 0 Å². The number of hydrogen-bond donors (Lipinski definition) is 3. The average Bonchev–Trinajstić information content (AvgIpc) is 2.67. The summed E-state index contributed by atoms with van der Waals surface area (Å²) >= 11 is 3.94. The number of rotatable bonds is 4. The van der Waals surface area contributed by atoms with Crippen molar-refractivity contribution in [3.63, 3.8) is 0 Å². The number of nitrogens with one attached hydrogen (secondary N) is 1. The van der Waals surface area contributed by atoms with Crippen molar-refractivity contribution in [2.75, 3.05) is 11.1 Å². The number of benzene rings is 1. The molecule has 17 heavy (non-hydrogen) atoms. The molecular weight excluding hydrogens is 264 g/mol. The van der Waals surface area contributed by atoms with Crippen LogP contribution in [0, 0.1) is 0 Å². The number of halogens is 1. The third-order valence-corrected chi connectivity index (χ3v) is 2.44. The van der Waals surface area contributed by atoms with Crippen molar-refractivity contribution in [3.8, 4) is 0 Å². The van der Waals surface area contributed by atoms with Crippen molar-refractivity contribution in [1.29, 1.82) is 0 Å². The Morgan fingerprint density at radius 1 is 1.53 bits per heavy atom. The maximum Gasteiger partial charge on any atom is 0.327 e. The molecule has 92 valence electrons. The van der Waals surface area contributed by atoms with E-state index in [1.54, 1.807) is 12.1 Å². The molecule has 0 bridgehead atoms. The SMILES string of the molecule is Cl.O=C(O)[C@H](CS)Nc1nc2ccccc2o1. The van der Waals surface area contributed by atoms with Crippen LogP contribution in [0.5, 0.6) is 0 Å². The number of anilines is 1. The summed E-state index contributed by atoms with van der Waals surface area (Å²) in [5.41, 5.74) is 1.31. The minimum absolute atomic E-state index is 0. The molecule has 0 saturated carbocycles. The van der Waals surface area contributed by atoms with Gasteiger partial charge in [-0.2, -0.15) is 17.6 Å². The summed E-state index contributed by atoms with van der Waals surface area (Å²) in [5, 5.41) is 11.5. The molecule has 2 N–H and O–H groups in total. The van der Waals surface area contributed by atoms with Gasteiger partial charge in [-0.1, -0.05) is 12.1 Å². The lowest BCUT2D eigenvalue weighted by Gasteiger charge is -2.08. The molecule has 0 fully saturated rings. The van der Waals surface area contributed by atoms with Crippen LogP contribution in [0.25, 0.3) is 11.1 Å². The van der Waals surface area contributed by atoms with Gasteiger partial charge < -0.3 is 14.8 Å². The maximum atomic E-state index is 10.8. The fraction of sp³-hybridized carbons (Fsp3) is 0.200. The molecule has 0 aliphatic heterocycles. The van der Waals surface area contributed by atoms with E-state index in [0.29, 0.717) is 11.1 Å². The van der Waals surface area contributed by atoms with Gasteiger partial charge in [0.05, 0.1) is 0 Å². The molecule has 0 spiro atoms. The minimum Gasteiger partial charge on any atom is -0.480 e. The van der Waals surface area contributed by atoms with E-state index in [4.69, 9.17) is 9.52 Å². The lowest BCUT2D eigenvalue weighted by molar-refractivity contribution is -0.137. The van der Waals surface area contributed by atoms with E-state index in [9.17, 15) is 4.79 Å². The first-order valence-corrected chi connectivity index (χ1v) is 5.29. The standard InChI is InChI=1S/C10H10N2O3S.ClH/c13-9(14)7(5-16)12-10-11-6-3-1-2-4-8(6)15-10;/h1-4,7,16H,5H2,(H,11,12)(H,13,14);1H/t7-;/m0./s1. The Balaban J connectivity index is 0.00000144. The Morgan fingerprint density at radius 3 is 2.82 bits per heavy atom. The number of hydrogen-bond acceptors (Lipinski definition) is 5. The number of carboxylic acids is 1. The third kappa shape index (κ3) is 3.04. The second-order valence-electron chi connectivity index (χ2n) is 3.20. The number of para-hydroxylation sites is 2. The molecule has 2 rings (SSSR count). The second kappa shape index (κ2) is 5.79. The predicted molar refractivity (Wildman–Crippen MR) is 70.2 cm³/mol. The third-order valence-electron chi connectivity index (χ3n) is 2.07. The molecule has 7 heteroatoms. The van der Waals surface area contributed by atoms with Gasteiger partial charge >= 0.3 is 5.97 Å². The van der Waals surface area contributed by atoms with E-state index in [2.05, 4.69) is 22.9 Å². The first-order valence-electron chi connectivity index (χ1n) is 4.66. The van der Waals surface area contributed by atoms with Gasteiger partial charge in [-0.3, -0.25) is 0 Å². The summed E-state index contributed by atoms with van der Waals surface area (Å²) in [4.78, 5) is 14.9. The number of thiol groups is 1. The highest BCUT2D eigenvalue weighted by molar-refractivity contribution is 7.80. The number of carboxylic acid groups (broad SMARTS) is 1. The van der Waals surface area contributed by atoms with Gasteiger partial charge in [-0.25, -0.2) is 4.79 Å². The van der Waals surface area contributed by atoms with Gasteiger partial charge in [0.2, 0.25) is 0 Å². The Bertz CT molecular complexity index is 484. The number of fused-ring (bicyclic) bond motifs is 1. The number of oxazole rings is 1. The van der Waals surface area contributed by atoms with E-state index in [1.807, 2.05) is 12.1 Å². The predicted octanol–water partition coefficient (Wildman–Crippen LogP) is 2.04. The molecule has 1 aromatic heterocycles. The molecule has 0 amide bonds. The normalized spacial score (nSPS) is 11.8. The fourth-order valence-electron chi connectivity index (χ4n) is 1.27. The molecule has 0 saturated heterocycles. The molecule has 0 radical (unpaired) electrons.